The van der Waals surface area contributed by atoms with Crippen molar-refractivity contribution >= 4 is 40.3 Å². The molecule has 3 aromatic rings. The maximum absolute atomic E-state index is 13.3. The van der Waals surface area contributed by atoms with Gasteiger partial charge in [-0.05, 0) is 43.2 Å². The van der Waals surface area contributed by atoms with Crippen LogP contribution in [0.5, 0.6) is 0 Å². The van der Waals surface area contributed by atoms with Crippen LogP contribution >= 0.6 is 24.0 Å². The number of nitrogens with zero attached hydrogens (tertiary/aromatic N) is 4. The van der Waals surface area contributed by atoms with Crippen molar-refractivity contribution in [3.05, 3.63) is 71.5 Å². The fourth-order valence-corrected chi connectivity index (χ4v) is 5.61. The number of hydrogen-bond acceptors (Lipinski definition) is 5. The van der Waals surface area contributed by atoms with E-state index < -0.39 is 0 Å². The third-order valence-electron chi connectivity index (χ3n) is 5.77. The lowest BCUT2D eigenvalue weighted by atomic mass is 9.94. The maximum Gasteiger partial charge on any atom is 0.266 e. The van der Waals surface area contributed by atoms with Crippen LogP contribution in [0.15, 0.2) is 66.0 Å². The van der Waals surface area contributed by atoms with Gasteiger partial charge in [0.2, 0.25) is 0 Å². The molecule has 2 aliphatic rings. The van der Waals surface area contributed by atoms with Crippen molar-refractivity contribution in [3.8, 4) is 16.9 Å². The average molecular weight is 447 g/mol. The van der Waals surface area contributed by atoms with Gasteiger partial charge in [0, 0.05) is 35.8 Å². The summed E-state index contributed by atoms with van der Waals surface area (Å²) in [7, 11) is 0. The Morgan fingerprint density at radius 2 is 1.77 bits per heavy atom. The Labute approximate surface area is 191 Å². The van der Waals surface area contributed by atoms with Gasteiger partial charge in [0.25, 0.3) is 5.91 Å². The standard InChI is InChI=1S/C24H22N4OS2/c29-23-21(31-24(30)28(23)20-9-5-2-6-10-20)15-18-16-27(19-7-3-1-4-8-19)26-22(18)17-11-13-25-14-12-17/h1,3-4,7-8,11-16,20H,2,5-6,9-10H2. The van der Waals surface area contributed by atoms with Crippen LogP contribution in [0.25, 0.3) is 23.0 Å². The van der Waals surface area contributed by atoms with E-state index in [0.717, 1.165) is 48.2 Å². The maximum atomic E-state index is 13.3. The van der Waals surface area contributed by atoms with E-state index in [2.05, 4.69) is 4.98 Å². The first-order valence-corrected chi connectivity index (χ1v) is 11.8. The summed E-state index contributed by atoms with van der Waals surface area (Å²) in [5.74, 6) is 0.0232. The predicted octanol–water partition coefficient (Wildman–Crippen LogP) is 5.47. The number of aromatic nitrogens is 3. The number of hydrogen-bond donors (Lipinski definition) is 0. The summed E-state index contributed by atoms with van der Waals surface area (Å²) in [5.41, 5.74) is 3.62. The van der Waals surface area contributed by atoms with Crippen molar-refractivity contribution in [2.45, 2.75) is 38.1 Å². The molecule has 3 heterocycles. The number of carbonyl (C=O) groups is 1. The van der Waals surface area contributed by atoms with Crippen LogP contribution in [0.3, 0.4) is 0 Å². The van der Waals surface area contributed by atoms with E-state index in [1.54, 1.807) is 12.4 Å². The Kier molecular flexibility index (Phi) is 5.70. The Bertz CT molecular complexity index is 1130. The zero-order valence-electron chi connectivity index (χ0n) is 17.0. The molecule has 0 bridgehead atoms. The van der Waals surface area contributed by atoms with E-state index in [1.807, 2.05) is 64.3 Å². The highest BCUT2D eigenvalue weighted by atomic mass is 32.2. The number of carbonyl (C=O) groups excluding carboxylic acids is 1. The van der Waals surface area contributed by atoms with Crippen LogP contribution in [0.4, 0.5) is 0 Å². The molecule has 0 N–H and O–H groups in total. The van der Waals surface area contributed by atoms with Gasteiger partial charge in [-0.3, -0.25) is 14.7 Å². The molecule has 1 amide bonds. The molecule has 0 radical (unpaired) electrons. The van der Waals surface area contributed by atoms with Crippen LogP contribution in [0.2, 0.25) is 0 Å². The molecule has 5 nitrogen and oxygen atoms in total. The smallest absolute Gasteiger partial charge is 0.266 e. The van der Waals surface area contributed by atoms with E-state index in [0.29, 0.717) is 9.23 Å². The molecule has 1 saturated carbocycles. The summed E-state index contributed by atoms with van der Waals surface area (Å²) in [6.45, 7) is 0. The molecule has 5 rings (SSSR count). The molecule has 7 heteroatoms. The molecule has 0 spiro atoms. The highest BCUT2D eigenvalue weighted by molar-refractivity contribution is 8.26. The molecule has 1 aromatic carbocycles. The zero-order valence-corrected chi connectivity index (χ0v) is 18.6. The van der Waals surface area contributed by atoms with Gasteiger partial charge < -0.3 is 0 Å². The van der Waals surface area contributed by atoms with Gasteiger partial charge in [0.1, 0.15) is 10.0 Å². The van der Waals surface area contributed by atoms with E-state index in [4.69, 9.17) is 17.3 Å². The van der Waals surface area contributed by atoms with Gasteiger partial charge in [0.05, 0.1) is 10.6 Å². The van der Waals surface area contributed by atoms with Crippen molar-refractivity contribution in [1.82, 2.24) is 19.7 Å². The first-order chi connectivity index (χ1) is 15.2. The molecule has 1 aliphatic heterocycles. The van der Waals surface area contributed by atoms with Crippen molar-refractivity contribution in [2.24, 2.45) is 0 Å². The number of amides is 1. The highest BCUT2D eigenvalue weighted by Crippen LogP contribution is 2.38. The largest absolute Gasteiger partial charge is 0.290 e. The van der Waals surface area contributed by atoms with Crippen LogP contribution in [-0.4, -0.2) is 35.9 Å². The summed E-state index contributed by atoms with van der Waals surface area (Å²) in [6.07, 6.45) is 13.1. The van der Waals surface area contributed by atoms with E-state index in [1.165, 1.54) is 18.2 Å². The minimum Gasteiger partial charge on any atom is -0.290 e. The molecule has 156 valence electrons. The summed E-state index contributed by atoms with van der Waals surface area (Å²) in [5, 5.41) is 4.82. The van der Waals surface area contributed by atoms with Gasteiger partial charge in [-0.1, -0.05) is 61.4 Å². The Hall–Kier alpha value is -2.77. The Balaban J connectivity index is 1.53. The van der Waals surface area contributed by atoms with Crippen LogP contribution < -0.4 is 0 Å². The third-order valence-corrected chi connectivity index (χ3v) is 7.10. The fraction of sp³-hybridized carbons (Fsp3) is 0.250. The summed E-state index contributed by atoms with van der Waals surface area (Å²) in [6, 6.07) is 14.1. The molecule has 1 saturated heterocycles. The predicted molar refractivity (Wildman–Crippen MR) is 129 cm³/mol. The first-order valence-electron chi connectivity index (χ1n) is 10.5. The second-order valence-corrected chi connectivity index (χ2v) is 9.47. The van der Waals surface area contributed by atoms with Gasteiger partial charge in [-0.15, -0.1) is 0 Å². The van der Waals surface area contributed by atoms with Crippen molar-refractivity contribution < 1.29 is 4.79 Å². The third kappa shape index (κ3) is 4.07. The molecule has 1 aliphatic carbocycles. The van der Waals surface area contributed by atoms with E-state index in [9.17, 15) is 4.79 Å². The second-order valence-electron chi connectivity index (χ2n) is 7.79. The van der Waals surface area contributed by atoms with Gasteiger partial charge in [0.15, 0.2) is 0 Å². The lowest BCUT2D eigenvalue weighted by Crippen LogP contribution is -2.39. The lowest BCUT2D eigenvalue weighted by molar-refractivity contribution is -0.124. The molecular weight excluding hydrogens is 424 g/mol. The number of thioether (sulfide) groups is 1. The van der Waals surface area contributed by atoms with Crippen LogP contribution in [-0.2, 0) is 4.79 Å². The van der Waals surface area contributed by atoms with Gasteiger partial charge >= 0.3 is 0 Å². The Morgan fingerprint density at radius 1 is 1.03 bits per heavy atom. The Morgan fingerprint density at radius 3 is 2.52 bits per heavy atom. The van der Waals surface area contributed by atoms with Gasteiger partial charge in [-0.2, -0.15) is 5.10 Å². The monoisotopic (exact) mass is 446 g/mol. The molecule has 0 atom stereocenters. The van der Waals surface area contributed by atoms with E-state index in [-0.39, 0.29) is 11.9 Å². The normalized spacial score (nSPS) is 18.8. The zero-order chi connectivity index (χ0) is 21.2. The first kappa shape index (κ1) is 20.2. The van der Waals surface area contributed by atoms with Crippen LogP contribution in [0, 0.1) is 0 Å². The average Bonchev–Trinajstić information content (AvgIpc) is 3.36. The second kappa shape index (κ2) is 8.77. The van der Waals surface area contributed by atoms with Crippen molar-refractivity contribution in [1.29, 1.82) is 0 Å². The molecular formula is C24H22N4OS2. The topological polar surface area (TPSA) is 51.0 Å². The quantitative estimate of drug-likeness (QED) is 0.393. The lowest BCUT2D eigenvalue weighted by Gasteiger charge is -2.29. The number of pyridine rings is 1. The number of para-hydroxylation sites is 1. The fourth-order valence-electron chi connectivity index (χ4n) is 4.22. The molecule has 2 fully saturated rings. The SMILES string of the molecule is O=C1C(=Cc2cn(-c3ccccc3)nc2-c2ccncc2)SC(=S)N1C1CCCCC1. The minimum absolute atomic E-state index is 0.0232. The number of benzene rings is 1. The summed E-state index contributed by atoms with van der Waals surface area (Å²) < 4.78 is 2.52. The van der Waals surface area contributed by atoms with Crippen LogP contribution in [0.1, 0.15) is 37.7 Å². The van der Waals surface area contributed by atoms with Crippen molar-refractivity contribution in [3.63, 3.8) is 0 Å². The molecule has 2 aromatic heterocycles. The van der Waals surface area contributed by atoms with Gasteiger partial charge in [-0.25, -0.2) is 4.68 Å². The molecule has 0 unspecified atom stereocenters. The highest BCUT2D eigenvalue weighted by Gasteiger charge is 2.37. The van der Waals surface area contributed by atoms with Crippen molar-refractivity contribution in [2.75, 3.05) is 0 Å². The number of rotatable bonds is 4. The number of thiocarbonyl (C=S) groups is 1. The summed E-state index contributed by atoms with van der Waals surface area (Å²) >= 11 is 7.00. The molecule has 31 heavy (non-hydrogen) atoms. The summed E-state index contributed by atoms with van der Waals surface area (Å²) in [4.78, 5) is 19.9. The van der Waals surface area contributed by atoms with E-state index >= 15 is 0 Å². The minimum atomic E-state index is 0.0232.